The third-order valence-electron chi connectivity index (χ3n) is 10.3. The summed E-state index contributed by atoms with van der Waals surface area (Å²) in [4.78, 5) is 2.30. The molecule has 244 valence electrons. The molecular formula is C48H29NO2S. The van der Waals surface area contributed by atoms with Gasteiger partial charge in [-0.1, -0.05) is 133 Å². The molecule has 0 aliphatic rings. The van der Waals surface area contributed by atoms with Gasteiger partial charge in [-0.3, -0.25) is 0 Å². The molecule has 0 aliphatic heterocycles. The molecule has 3 heterocycles. The first-order valence-electron chi connectivity index (χ1n) is 17.5. The highest BCUT2D eigenvalue weighted by atomic mass is 32.1. The molecule has 0 N–H and O–H groups in total. The van der Waals surface area contributed by atoms with E-state index in [4.69, 9.17) is 8.83 Å². The largest absolute Gasteiger partial charge is 0.453 e. The zero-order valence-corrected chi connectivity index (χ0v) is 28.7. The fourth-order valence-corrected chi connectivity index (χ4v) is 9.00. The summed E-state index contributed by atoms with van der Waals surface area (Å²) < 4.78 is 16.5. The molecular weight excluding hydrogens is 655 g/mol. The smallest absolute Gasteiger partial charge is 0.159 e. The van der Waals surface area contributed by atoms with Crippen LogP contribution in [0.4, 0.5) is 17.1 Å². The van der Waals surface area contributed by atoms with Gasteiger partial charge < -0.3 is 13.7 Å². The molecule has 3 nitrogen and oxygen atoms in total. The van der Waals surface area contributed by atoms with E-state index in [2.05, 4.69) is 175 Å². The number of anilines is 3. The molecule has 0 radical (unpaired) electrons. The van der Waals surface area contributed by atoms with Gasteiger partial charge in [-0.15, -0.1) is 11.3 Å². The van der Waals surface area contributed by atoms with Crippen LogP contribution in [0.1, 0.15) is 0 Å². The topological polar surface area (TPSA) is 29.5 Å². The maximum atomic E-state index is 7.06. The van der Waals surface area contributed by atoms with Crippen LogP contribution < -0.4 is 4.90 Å². The zero-order valence-electron chi connectivity index (χ0n) is 27.9. The Morgan fingerprint density at radius 3 is 1.60 bits per heavy atom. The first-order chi connectivity index (χ1) is 25.8. The van der Waals surface area contributed by atoms with E-state index in [9.17, 15) is 0 Å². The summed E-state index contributed by atoms with van der Waals surface area (Å²) in [7, 11) is 0. The predicted molar refractivity (Wildman–Crippen MR) is 219 cm³/mol. The maximum absolute atomic E-state index is 7.06. The fourth-order valence-electron chi connectivity index (χ4n) is 7.89. The van der Waals surface area contributed by atoms with Crippen molar-refractivity contribution in [1.82, 2.24) is 0 Å². The number of para-hydroxylation sites is 3. The molecule has 3 aromatic heterocycles. The lowest BCUT2D eigenvalue weighted by Crippen LogP contribution is -2.10. The minimum atomic E-state index is 0.826. The van der Waals surface area contributed by atoms with Gasteiger partial charge in [0.05, 0.1) is 11.4 Å². The van der Waals surface area contributed by atoms with E-state index >= 15 is 0 Å². The van der Waals surface area contributed by atoms with Crippen LogP contribution >= 0.6 is 11.3 Å². The molecule has 0 atom stereocenters. The molecule has 8 aromatic carbocycles. The summed E-state index contributed by atoms with van der Waals surface area (Å²) in [5, 5.41) is 6.75. The minimum absolute atomic E-state index is 0.826. The van der Waals surface area contributed by atoms with Crippen molar-refractivity contribution in [3.63, 3.8) is 0 Å². The summed E-state index contributed by atoms with van der Waals surface area (Å²) >= 11 is 1.81. The molecule has 4 heteroatoms. The van der Waals surface area contributed by atoms with Crippen LogP contribution in [0.5, 0.6) is 0 Å². The molecule has 0 aliphatic carbocycles. The minimum Gasteiger partial charge on any atom is -0.453 e. The van der Waals surface area contributed by atoms with Crippen molar-refractivity contribution in [2.45, 2.75) is 0 Å². The molecule has 0 unspecified atom stereocenters. The normalized spacial score (nSPS) is 11.8. The van der Waals surface area contributed by atoms with Crippen molar-refractivity contribution in [3.05, 3.63) is 176 Å². The highest BCUT2D eigenvalue weighted by molar-refractivity contribution is 7.26. The van der Waals surface area contributed by atoms with Crippen LogP contribution in [0.25, 0.3) is 86.3 Å². The van der Waals surface area contributed by atoms with Gasteiger partial charge in [0.25, 0.3) is 0 Å². The summed E-state index contributed by atoms with van der Waals surface area (Å²) in [6, 6.07) is 62.2. The van der Waals surface area contributed by atoms with E-state index in [0.717, 1.165) is 77.6 Å². The Morgan fingerprint density at radius 2 is 0.885 bits per heavy atom. The van der Waals surface area contributed by atoms with Gasteiger partial charge in [-0.05, 0) is 59.2 Å². The SMILES string of the molecule is c1ccc(-c2ccc(N(c3cccc4c3oc3c(-c5ccccc5)cccc34)c3cccc4c3oc3c4ccc4sc5ccccc5c43)cc2)cc1. The highest BCUT2D eigenvalue weighted by Gasteiger charge is 2.25. The first-order valence-corrected chi connectivity index (χ1v) is 18.3. The molecule has 52 heavy (non-hydrogen) atoms. The van der Waals surface area contributed by atoms with Crippen LogP contribution in [0, 0.1) is 0 Å². The Balaban J connectivity index is 1.19. The Labute approximate surface area is 303 Å². The second-order valence-electron chi connectivity index (χ2n) is 13.2. The average molecular weight is 684 g/mol. The fraction of sp³-hybridized carbons (Fsp3) is 0. The number of nitrogens with zero attached hydrogens (tertiary/aromatic N) is 1. The lowest BCUT2D eigenvalue weighted by atomic mass is 10.0. The van der Waals surface area contributed by atoms with Crippen molar-refractivity contribution >= 4 is 92.4 Å². The maximum Gasteiger partial charge on any atom is 0.159 e. The molecule has 0 spiro atoms. The van der Waals surface area contributed by atoms with Gasteiger partial charge in [-0.25, -0.2) is 0 Å². The van der Waals surface area contributed by atoms with Crippen molar-refractivity contribution in [1.29, 1.82) is 0 Å². The monoisotopic (exact) mass is 683 g/mol. The van der Waals surface area contributed by atoms with Crippen molar-refractivity contribution in [2.24, 2.45) is 0 Å². The predicted octanol–water partition coefficient (Wildman–Crippen LogP) is 14.7. The zero-order chi connectivity index (χ0) is 34.2. The highest BCUT2D eigenvalue weighted by Crippen LogP contribution is 2.49. The van der Waals surface area contributed by atoms with E-state index in [-0.39, 0.29) is 0 Å². The van der Waals surface area contributed by atoms with Crippen LogP contribution in [0.2, 0.25) is 0 Å². The first kappa shape index (κ1) is 29.1. The molecule has 11 aromatic rings. The van der Waals surface area contributed by atoms with Crippen molar-refractivity contribution < 1.29 is 8.83 Å². The Kier molecular flexibility index (Phi) is 6.42. The third kappa shape index (κ3) is 4.38. The van der Waals surface area contributed by atoms with Crippen LogP contribution in [-0.4, -0.2) is 0 Å². The molecule has 0 saturated heterocycles. The van der Waals surface area contributed by atoms with Crippen LogP contribution in [0.15, 0.2) is 185 Å². The second-order valence-corrected chi connectivity index (χ2v) is 14.3. The number of hydrogen-bond donors (Lipinski definition) is 0. The summed E-state index contributed by atoms with van der Waals surface area (Å²) in [5.41, 5.74) is 10.9. The third-order valence-corrected chi connectivity index (χ3v) is 11.4. The van der Waals surface area contributed by atoms with Gasteiger partial charge in [0.1, 0.15) is 11.2 Å². The molecule has 11 rings (SSSR count). The second kappa shape index (κ2) is 11.5. The number of fused-ring (bicyclic) bond motifs is 10. The number of hydrogen-bond acceptors (Lipinski definition) is 4. The molecule has 0 fully saturated rings. The van der Waals surface area contributed by atoms with Crippen molar-refractivity contribution in [3.8, 4) is 22.3 Å². The Bertz CT molecular complexity index is 3120. The standard InChI is InChI=1S/C48H29NO2S/c1-3-12-30(13-4-1)31-24-26-33(27-25-31)49(40-21-10-19-36-35-18-9-17-34(45(35)50-46(36)40)32-14-5-2-6-15-32)41-22-11-20-37-38-28-29-43-44(48(38)51-47(37)41)39-16-7-8-23-42(39)52-43/h1-29H. The lowest BCUT2D eigenvalue weighted by Gasteiger charge is -2.25. The Hall–Kier alpha value is -6.62. The molecule has 0 saturated carbocycles. The van der Waals surface area contributed by atoms with Gasteiger partial charge in [0.2, 0.25) is 0 Å². The number of furan rings is 2. The summed E-state index contributed by atoms with van der Waals surface area (Å²) in [5.74, 6) is 0. The molecule has 0 bridgehead atoms. The number of benzene rings is 8. The number of thiophene rings is 1. The van der Waals surface area contributed by atoms with E-state index in [0.29, 0.717) is 0 Å². The number of rotatable bonds is 5. The molecule has 0 amide bonds. The van der Waals surface area contributed by atoms with Gasteiger partial charge in [0.15, 0.2) is 11.2 Å². The van der Waals surface area contributed by atoms with Crippen molar-refractivity contribution in [2.75, 3.05) is 4.90 Å². The quantitative estimate of drug-likeness (QED) is 0.181. The van der Waals surface area contributed by atoms with Gasteiger partial charge in [-0.2, -0.15) is 0 Å². The van der Waals surface area contributed by atoms with Crippen LogP contribution in [0.3, 0.4) is 0 Å². The van der Waals surface area contributed by atoms with E-state index in [1.54, 1.807) is 0 Å². The Morgan fingerprint density at radius 1 is 0.346 bits per heavy atom. The van der Waals surface area contributed by atoms with Crippen LogP contribution in [-0.2, 0) is 0 Å². The van der Waals surface area contributed by atoms with E-state index in [1.165, 1.54) is 25.7 Å². The average Bonchev–Trinajstić information content (AvgIpc) is 3.91. The summed E-state index contributed by atoms with van der Waals surface area (Å²) in [6.45, 7) is 0. The van der Waals surface area contributed by atoms with E-state index < -0.39 is 0 Å². The van der Waals surface area contributed by atoms with Gasteiger partial charge >= 0.3 is 0 Å². The van der Waals surface area contributed by atoms with E-state index in [1.807, 2.05) is 17.4 Å². The lowest BCUT2D eigenvalue weighted by molar-refractivity contribution is 0.668. The summed E-state index contributed by atoms with van der Waals surface area (Å²) in [6.07, 6.45) is 0. The van der Waals surface area contributed by atoms with Gasteiger partial charge in [0, 0.05) is 53.0 Å².